The molecule has 2 aromatic rings. The van der Waals surface area contributed by atoms with Crippen LogP contribution in [0.5, 0.6) is 0 Å². The van der Waals surface area contributed by atoms with Crippen molar-refractivity contribution in [3.63, 3.8) is 0 Å². The standard InChI is InChI=1S/C19H21F3N6/c1-26(2)17-9-18(25-12-24-17)27(3)15-6-7-28(11-15)16-5-4-14(19(20,21)22)8-13(16)10-23/h4-5,8-9,12,15H,6-7,11H2,1-3H3. The molecule has 0 N–H and O–H groups in total. The van der Waals surface area contributed by atoms with Gasteiger partial charge < -0.3 is 14.7 Å². The summed E-state index contributed by atoms with van der Waals surface area (Å²) in [6.07, 6.45) is -2.14. The van der Waals surface area contributed by atoms with Gasteiger partial charge in [-0.1, -0.05) is 0 Å². The van der Waals surface area contributed by atoms with Crippen molar-refractivity contribution < 1.29 is 13.2 Å². The van der Waals surface area contributed by atoms with Crippen LogP contribution in [-0.4, -0.2) is 50.2 Å². The van der Waals surface area contributed by atoms with Crippen LogP contribution in [0.4, 0.5) is 30.5 Å². The average molecular weight is 390 g/mol. The predicted molar refractivity (Wildman–Crippen MR) is 102 cm³/mol. The third-order valence-electron chi connectivity index (χ3n) is 4.95. The van der Waals surface area contributed by atoms with Crippen LogP contribution in [-0.2, 0) is 6.18 Å². The Bertz CT molecular complexity index is 890. The normalized spacial score (nSPS) is 16.8. The lowest BCUT2D eigenvalue weighted by atomic mass is 10.1. The minimum Gasteiger partial charge on any atom is -0.368 e. The molecule has 1 unspecified atom stereocenters. The van der Waals surface area contributed by atoms with Gasteiger partial charge in [0.1, 0.15) is 24.0 Å². The number of hydrogen-bond acceptors (Lipinski definition) is 6. The number of aromatic nitrogens is 2. The van der Waals surface area contributed by atoms with Gasteiger partial charge in [0.05, 0.1) is 16.8 Å². The number of nitriles is 1. The van der Waals surface area contributed by atoms with E-state index in [1.165, 1.54) is 12.4 Å². The van der Waals surface area contributed by atoms with Gasteiger partial charge in [0.15, 0.2) is 0 Å². The molecule has 0 aliphatic carbocycles. The molecule has 1 fully saturated rings. The average Bonchev–Trinajstić information content (AvgIpc) is 3.16. The van der Waals surface area contributed by atoms with E-state index < -0.39 is 11.7 Å². The number of benzene rings is 1. The van der Waals surface area contributed by atoms with E-state index in [4.69, 9.17) is 0 Å². The van der Waals surface area contributed by atoms with Gasteiger partial charge in [0.2, 0.25) is 0 Å². The van der Waals surface area contributed by atoms with E-state index >= 15 is 0 Å². The van der Waals surface area contributed by atoms with Crippen molar-refractivity contribution in [2.24, 2.45) is 0 Å². The summed E-state index contributed by atoms with van der Waals surface area (Å²) in [5, 5.41) is 9.33. The lowest BCUT2D eigenvalue weighted by Gasteiger charge is -2.27. The number of halogens is 3. The monoisotopic (exact) mass is 390 g/mol. The number of hydrogen-bond donors (Lipinski definition) is 0. The lowest BCUT2D eigenvalue weighted by Crippen LogP contribution is -2.35. The second kappa shape index (κ2) is 7.54. The molecular formula is C19H21F3N6. The van der Waals surface area contributed by atoms with Crippen molar-refractivity contribution in [1.29, 1.82) is 5.26 Å². The summed E-state index contributed by atoms with van der Waals surface area (Å²) in [4.78, 5) is 14.4. The third kappa shape index (κ3) is 3.96. The van der Waals surface area contributed by atoms with E-state index in [1.54, 1.807) is 0 Å². The maximum absolute atomic E-state index is 12.9. The van der Waals surface area contributed by atoms with E-state index in [9.17, 15) is 18.4 Å². The summed E-state index contributed by atoms with van der Waals surface area (Å²) in [5.41, 5.74) is -0.240. The zero-order chi connectivity index (χ0) is 20.5. The van der Waals surface area contributed by atoms with Crippen molar-refractivity contribution >= 4 is 17.3 Å². The Balaban J connectivity index is 1.79. The summed E-state index contributed by atoms with van der Waals surface area (Å²) in [6.45, 7) is 1.25. The van der Waals surface area contributed by atoms with Crippen molar-refractivity contribution in [2.45, 2.75) is 18.6 Å². The summed E-state index contributed by atoms with van der Waals surface area (Å²) >= 11 is 0. The molecule has 3 rings (SSSR count). The Kier molecular flexibility index (Phi) is 5.31. The molecule has 1 aliphatic rings. The first kappa shape index (κ1) is 19.7. The second-order valence-corrected chi connectivity index (χ2v) is 6.97. The van der Waals surface area contributed by atoms with Crippen LogP contribution in [0.25, 0.3) is 0 Å². The fraction of sp³-hybridized carbons (Fsp3) is 0.421. The van der Waals surface area contributed by atoms with Gasteiger partial charge in [-0.2, -0.15) is 18.4 Å². The topological polar surface area (TPSA) is 59.3 Å². The van der Waals surface area contributed by atoms with E-state index in [0.29, 0.717) is 18.8 Å². The van der Waals surface area contributed by atoms with Gasteiger partial charge >= 0.3 is 6.18 Å². The van der Waals surface area contributed by atoms with Gasteiger partial charge in [0.25, 0.3) is 0 Å². The molecule has 0 radical (unpaired) electrons. The van der Waals surface area contributed by atoms with E-state index in [1.807, 2.05) is 48.0 Å². The van der Waals surface area contributed by atoms with Gasteiger partial charge in [-0.25, -0.2) is 9.97 Å². The van der Waals surface area contributed by atoms with Crippen LogP contribution in [0.3, 0.4) is 0 Å². The molecule has 0 amide bonds. The number of nitrogens with zero attached hydrogens (tertiary/aromatic N) is 6. The van der Waals surface area contributed by atoms with Crippen molar-refractivity contribution in [1.82, 2.24) is 9.97 Å². The molecule has 1 saturated heterocycles. The largest absolute Gasteiger partial charge is 0.416 e. The lowest BCUT2D eigenvalue weighted by molar-refractivity contribution is -0.137. The highest BCUT2D eigenvalue weighted by Gasteiger charge is 2.33. The van der Waals surface area contributed by atoms with Crippen LogP contribution < -0.4 is 14.7 Å². The van der Waals surface area contributed by atoms with E-state index in [0.717, 1.165) is 30.2 Å². The molecule has 28 heavy (non-hydrogen) atoms. The van der Waals surface area contributed by atoms with Gasteiger partial charge in [0, 0.05) is 46.3 Å². The first-order valence-corrected chi connectivity index (χ1v) is 8.79. The summed E-state index contributed by atoms with van der Waals surface area (Å²) in [5.74, 6) is 1.57. The molecule has 148 valence electrons. The fourth-order valence-corrected chi connectivity index (χ4v) is 3.32. The number of alkyl halides is 3. The molecular weight excluding hydrogens is 369 g/mol. The molecule has 0 bridgehead atoms. The summed E-state index contributed by atoms with van der Waals surface area (Å²) in [7, 11) is 5.74. The highest BCUT2D eigenvalue weighted by molar-refractivity contribution is 5.62. The maximum Gasteiger partial charge on any atom is 0.416 e. The van der Waals surface area contributed by atoms with Crippen molar-refractivity contribution in [2.75, 3.05) is 48.9 Å². The summed E-state index contributed by atoms with van der Waals surface area (Å²) < 4.78 is 38.7. The molecule has 1 aromatic heterocycles. The van der Waals surface area contributed by atoms with Crippen LogP contribution in [0.15, 0.2) is 30.6 Å². The molecule has 6 nitrogen and oxygen atoms in total. The highest BCUT2D eigenvalue weighted by atomic mass is 19.4. The highest BCUT2D eigenvalue weighted by Crippen LogP contribution is 2.34. The first-order valence-electron chi connectivity index (χ1n) is 8.79. The molecule has 0 spiro atoms. The maximum atomic E-state index is 12.9. The SMILES string of the molecule is CN(C)c1cc(N(C)C2CCN(c3ccc(C(F)(F)F)cc3C#N)C2)ncn1. The number of likely N-dealkylation sites (N-methyl/N-ethyl adjacent to an activating group) is 1. The Hall–Kier alpha value is -3.02. The number of rotatable bonds is 4. The quantitative estimate of drug-likeness (QED) is 0.799. The van der Waals surface area contributed by atoms with Crippen LogP contribution >= 0.6 is 0 Å². The van der Waals surface area contributed by atoms with Crippen molar-refractivity contribution in [3.05, 3.63) is 41.7 Å². The molecule has 9 heteroatoms. The van der Waals surface area contributed by atoms with Gasteiger partial charge in [-0.3, -0.25) is 0 Å². The molecule has 0 saturated carbocycles. The number of anilines is 3. The minimum absolute atomic E-state index is 0.0371. The van der Waals surface area contributed by atoms with Gasteiger partial charge in [-0.15, -0.1) is 0 Å². The first-order chi connectivity index (χ1) is 13.2. The minimum atomic E-state index is -4.46. The molecule has 1 atom stereocenters. The third-order valence-corrected chi connectivity index (χ3v) is 4.95. The van der Waals surface area contributed by atoms with Crippen LogP contribution in [0.1, 0.15) is 17.5 Å². The van der Waals surface area contributed by atoms with Crippen molar-refractivity contribution in [3.8, 4) is 6.07 Å². The molecule has 1 aliphatic heterocycles. The zero-order valence-corrected chi connectivity index (χ0v) is 15.9. The molecule has 2 heterocycles. The second-order valence-electron chi connectivity index (χ2n) is 6.97. The van der Waals surface area contributed by atoms with E-state index in [-0.39, 0.29) is 11.6 Å². The van der Waals surface area contributed by atoms with Crippen LogP contribution in [0.2, 0.25) is 0 Å². The van der Waals surface area contributed by atoms with E-state index in [2.05, 4.69) is 9.97 Å². The van der Waals surface area contributed by atoms with Crippen LogP contribution in [0, 0.1) is 11.3 Å². The Morgan fingerprint density at radius 2 is 1.86 bits per heavy atom. The van der Waals surface area contributed by atoms with Gasteiger partial charge in [-0.05, 0) is 24.6 Å². The smallest absolute Gasteiger partial charge is 0.368 e. The predicted octanol–water partition coefficient (Wildman–Crippen LogP) is 3.15. The molecule has 1 aromatic carbocycles. The summed E-state index contributed by atoms with van der Waals surface area (Å²) in [6, 6.07) is 7.25. The Labute approximate surface area is 161 Å². The Morgan fingerprint density at radius 3 is 2.50 bits per heavy atom. The fourth-order valence-electron chi connectivity index (χ4n) is 3.32. The Morgan fingerprint density at radius 1 is 1.14 bits per heavy atom. The zero-order valence-electron chi connectivity index (χ0n) is 15.9.